The Kier molecular flexibility index (Phi) is 4.81. The van der Waals surface area contributed by atoms with Crippen molar-refractivity contribution in [2.24, 2.45) is 7.05 Å². The summed E-state index contributed by atoms with van der Waals surface area (Å²) in [4.78, 5) is 24.9. The number of nitro groups is 1. The van der Waals surface area contributed by atoms with Gasteiger partial charge >= 0.3 is 0 Å². The Labute approximate surface area is 154 Å². The maximum atomic E-state index is 12.5. The van der Waals surface area contributed by atoms with Crippen LogP contribution >= 0.6 is 11.3 Å². The average molecular weight is 367 g/mol. The van der Waals surface area contributed by atoms with Crippen molar-refractivity contribution in [3.8, 4) is 10.4 Å². The summed E-state index contributed by atoms with van der Waals surface area (Å²) in [6.07, 6.45) is 3.25. The molecule has 0 aliphatic carbocycles. The van der Waals surface area contributed by atoms with Crippen LogP contribution in [0.3, 0.4) is 0 Å². The molecule has 2 heterocycles. The summed E-state index contributed by atoms with van der Waals surface area (Å²) in [7, 11) is 1.81. The van der Waals surface area contributed by atoms with E-state index in [1.54, 1.807) is 36.0 Å². The molecule has 0 fully saturated rings. The van der Waals surface area contributed by atoms with Crippen molar-refractivity contribution in [3.05, 3.63) is 74.4 Å². The molecule has 6 nitrogen and oxygen atoms in total. The van der Waals surface area contributed by atoms with Crippen molar-refractivity contribution in [2.45, 2.75) is 13.8 Å². The zero-order chi connectivity index (χ0) is 18.8. The number of thiophene rings is 1. The third kappa shape index (κ3) is 3.34. The van der Waals surface area contributed by atoms with E-state index in [2.05, 4.69) is 5.10 Å². The van der Waals surface area contributed by atoms with E-state index in [9.17, 15) is 14.9 Å². The summed E-state index contributed by atoms with van der Waals surface area (Å²) >= 11 is 1.40. The van der Waals surface area contributed by atoms with Crippen LogP contribution in [-0.2, 0) is 7.05 Å². The number of para-hydroxylation sites is 1. The Balaban J connectivity index is 1.86. The fraction of sp³-hybridized carbons (Fsp3) is 0.158. The van der Waals surface area contributed by atoms with Crippen molar-refractivity contribution < 1.29 is 9.72 Å². The normalized spacial score (nSPS) is 11.2. The zero-order valence-corrected chi connectivity index (χ0v) is 15.4. The molecular formula is C19H17N3O3S. The second-order valence-electron chi connectivity index (χ2n) is 5.84. The first-order chi connectivity index (χ1) is 12.4. The molecule has 0 radical (unpaired) electrons. The molecule has 0 bridgehead atoms. The van der Waals surface area contributed by atoms with Gasteiger partial charge in [-0.1, -0.05) is 12.1 Å². The van der Waals surface area contributed by atoms with Crippen LogP contribution < -0.4 is 0 Å². The van der Waals surface area contributed by atoms with Gasteiger partial charge in [0.2, 0.25) is 0 Å². The number of hydrogen-bond acceptors (Lipinski definition) is 5. The average Bonchev–Trinajstić information content (AvgIpc) is 3.17. The van der Waals surface area contributed by atoms with Gasteiger partial charge in [-0.05, 0) is 44.2 Å². The number of benzene rings is 1. The fourth-order valence-electron chi connectivity index (χ4n) is 2.80. The standard InChI is InChI=1S/C19H17N3O3S/c1-12-19(13(2)21(3)20-12)17(23)10-8-14-9-11-18(26-14)15-6-4-5-7-16(15)22(24)25/h4-11H,1-3H3. The number of aromatic nitrogens is 2. The van der Waals surface area contributed by atoms with E-state index < -0.39 is 0 Å². The fourth-order valence-corrected chi connectivity index (χ4v) is 3.74. The minimum absolute atomic E-state index is 0.0718. The molecular weight excluding hydrogens is 350 g/mol. The quantitative estimate of drug-likeness (QED) is 0.286. The van der Waals surface area contributed by atoms with Gasteiger partial charge < -0.3 is 0 Å². The first kappa shape index (κ1) is 17.8. The maximum absolute atomic E-state index is 12.5. The first-order valence-electron chi connectivity index (χ1n) is 7.94. The molecule has 0 aliphatic heterocycles. The Bertz CT molecular complexity index is 1030. The highest BCUT2D eigenvalue weighted by Gasteiger charge is 2.16. The smallest absolute Gasteiger partial charge is 0.278 e. The molecule has 0 atom stereocenters. The number of hydrogen-bond donors (Lipinski definition) is 0. The van der Waals surface area contributed by atoms with E-state index in [0.29, 0.717) is 16.8 Å². The van der Waals surface area contributed by atoms with Gasteiger partial charge in [0.1, 0.15) is 0 Å². The summed E-state index contributed by atoms with van der Waals surface area (Å²) < 4.78 is 1.69. The van der Waals surface area contributed by atoms with Crippen LogP contribution in [0.1, 0.15) is 26.6 Å². The number of rotatable bonds is 5. The van der Waals surface area contributed by atoms with Gasteiger partial charge in [0, 0.05) is 28.6 Å². The molecule has 3 aromatic rings. The summed E-state index contributed by atoms with van der Waals surface area (Å²) in [5, 5.41) is 15.4. The highest BCUT2D eigenvalue weighted by molar-refractivity contribution is 7.16. The van der Waals surface area contributed by atoms with Crippen molar-refractivity contribution in [1.29, 1.82) is 0 Å². The van der Waals surface area contributed by atoms with Crippen LogP contribution in [-0.4, -0.2) is 20.5 Å². The number of carbonyl (C=O) groups excluding carboxylic acids is 1. The maximum Gasteiger partial charge on any atom is 0.278 e. The number of nitrogens with zero attached hydrogens (tertiary/aromatic N) is 3. The number of allylic oxidation sites excluding steroid dienone is 1. The lowest BCUT2D eigenvalue weighted by Crippen LogP contribution is -1.99. The lowest BCUT2D eigenvalue weighted by Gasteiger charge is -1.98. The topological polar surface area (TPSA) is 78.0 Å². The van der Waals surface area contributed by atoms with Gasteiger partial charge in [0.05, 0.1) is 21.7 Å². The predicted molar refractivity (Wildman–Crippen MR) is 102 cm³/mol. The molecule has 132 valence electrons. The van der Waals surface area contributed by atoms with E-state index >= 15 is 0 Å². The lowest BCUT2D eigenvalue weighted by molar-refractivity contribution is -0.384. The number of ketones is 1. The van der Waals surface area contributed by atoms with Crippen molar-refractivity contribution in [3.63, 3.8) is 0 Å². The molecule has 7 heteroatoms. The highest BCUT2D eigenvalue weighted by atomic mass is 32.1. The molecule has 0 aliphatic rings. The minimum atomic E-state index is -0.387. The first-order valence-corrected chi connectivity index (χ1v) is 8.76. The summed E-state index contributed by atoms with van der Waals surface area (Å²) in [5.41, 5.74) is 2.78. The second-order valence-corrected chi connectivity index (χ2v) is 6.96. The Morgan fingerprint density at radius 3 is 2.62 bits per heavy atom. The van der Waals surface area contributed by atoms with Gasteiger partial charge in [0.15, 0.2) is 5.78 Å². The monoisotopic (exact) mass is 367 g/mol. The number of carbonyl (C=O) groups is 1. The van der Waals surface area contributed by atoms with Crippen molar-refractivity contribution in [2.75, 3.05) is 0 Å². The molecule has 3 rings (SSSR count). The third-order valence-corrected chi connectivity index (χ3v) is 5.23. The molecule has 1 aromatic carbocycles. The number of aryl methyl sites for hydroxylation is 2. The van der Waals surface area contributed by atoms with Crippen molar-refractivity contribution in [1.82, 2.24) is 9.78 Å². The van der Waals surface area contributed by atoms with Crippen LogP contribution in [0.2, 0.25) is 0 Å². The third-order valence-electron chi connectivity index (χ3n) is 4.15. The highest BCUT2D eigenvalue weighted by Crippen LogP contribution is 2.35. The van der Waals surface area contributed by atoms with Gasteiger partial charge in [-0.25, -0.2) is 0 Å². The van der Waals surface area contributed by atoms with Crippen LogP contribution in [0.25, 0.3) is 16.5 Å². The molecule has 0 spiro atoms. The molecule has 26 heavy (non-hydrogen) atoms. The molecule has 0 N–H and O–H groups in total. The molecule has 0 unspecified atom stereocenters. The van der Waals surface area contributed by atoms with Gasteiger partial charge in [-0.15, -0.1) is 11.3 Å². The van der Waals surface area contributed by atoms with Crippen LogP contribution in [0, 0.1) is 24.0 Å². The Morgan fingerprint density at radius 2 is 1.96 bits per heavy atom. The molecule has 0 amide bonds. The van der Waals surface area contributed by atoms with Crippen LogP contribution in [0.15, 0.2) is 42.5 Å². The summed E-state index contributed by atoms with van der Waals surface area (Å²) in [5.74, 6) is -0.103. The van der Waals surface area contributed by atoms with Crippen molar-refractivity contribution >= 4 is 28.9 Å². The van der Waals surface area contributed by atoms with E-state index in [1.807, 2.05) is 26.0 Å². The minimum Gasteiger partial charge on any atom is -0.289 e. The summed E-state index contributed by atoms with van der Waals surface area (Å²) in [6, 6.07) is 10.3. The molecule has 0 saturated carbocycles. The predicted octanol–water partition coefficient (Wildman–Crippen LogP) is 4.57. The SMILES string of the molecule is Cc1nn(C)c(C)c1C(=O)C=Cc1ccc(-c2ccccc2[N+](=O)[O-])s1. The number of nitro benzene ring substituents is 1. The zero-order valence-electron chi connectivity index (χ0n) is 14.6. The van der Waals surface area contributed by atoms with E-state index in [1.165, 1.54) is 23.5 Å². The summed E-state index contributed by atoms with van der Waals surface area (Å²) in [6.45, 7) is 3.67. The molecule has 0 saturated heterocycles. The second kappa shape index (κ2) is 7.05. The van der Waals surface area contributed by atoms with Crippen LogP contribution in [0.5, 0.6) is 0 Å². The largest absolute Gasteiger partial charge is 0.289 e. The van der Waals surface area contributed by atoms with E-state index in [-0.39, 0.29) is 16.4 Å². The Hall–Kier alpha value is -3.06. The van der Waals surface area contributed by atoms with Gasteiger partial charge in [-0.3, -0.25) is 19.6 Å². The van der Waals surface area contributed by atoms with Gasteiger partial charge in [-0.2, -0.15) is 5.10 Å². The van der Waals surface area contributed by atoms with E-state index in [4.69, 9.17) is 0 Å². The van der Waals surface area contributed by atoms with E-state index in [0.717, 1.165) is 15.4 Å². The lowest BCUT2D eigenvalue weighted by atomic mass is 10.1. The molecule has 2 aromatic heterocycles. The van der Waals surface area contributed by atoms with Gasteiger partial charge in [0.25, 0.3) is 5.69 Å². The van der Waals surface area contributed by atoms with Crippen LogP contribution in [0.4, 0.5) is 5.69 Å². The Morgan fingerprint density at radius 1 is 1.23 bits per heavy atom.